The zero-order valence-electron chi connectivity index (χ0n) is 12.4. The second-order valence-corrected chi connectivity index (χ2v) is 5.87. The number of hydrogen-bond acceptors (Lipinski definition) is 3. The molecule has 0 bridgehead atoms. The van der Waals surface area contributed by atoms with Gasteiger partial charge in [-0.3, -0.25) is 4.79 Å². The molecule has 0 aromatic carbocycles. The van der Waals surface area contributed by atoms with E-state index in [2.05, 4.69) is 22.1 Å². The Morgan fingerprint density at radius 1 is 1.45 bits per heavy atom. The fraction of sp³-hybridized carbons (Fsp3) is 0.412. The molecule has 1 amide bonds. The number of H-pyrrole nitrogens is 1. The minimum Gasteiger partial charge on any atom is -0.368 e. The van der Waals surface area contributed by atoms with E-state index in [9.17, 15) is 4.79 Å². The lowest BCUT2D eigenvalue weighted by Gasteiger charge is -2.28. The van der Waals surface area contributed by atoms with E-state index in [0.717, 1.165) is 36.8 Å². The summed E-state index contributed by atoms with van der Waals surface area (Å²) in [6.45, 7) is 2.14. The highest BCUT2D eigenvalue weighted by Crippen LogP contribution is 2.29. The molecular formula is C17H19N3O2. The van der Waals surface area contributed by atoms with Gasteiger partial charge in [-0.25, -0.2) is 4.98 Å². The van der Waals surface area contributed by atoms with Crippen LogP contribution in [-0.4, -0.2) is 46.6 Å². The molecule has 4 heterocycles. The van der Waals surface area contributed by atoms with E-state index in [-0.39, 0.29) is 12.0 Å². The van der Waals surface area contributed by atoms with Gasteiger partial charge in [0.1, 0.15) is 11.8 Å². The van der Waals surface area contributed by atoms with Crippen molar-refractivity contribution in [3.8, 4) is 0 Å². The van der Waals surface area contributed by atoms with Crippen LogP contribution in [-0.2, 0) is 9.53 Å². The monoisotopic (exact) mass is 297 g/mol. The van der Waals surface area contributed by atoms with Crippen molar-refractivity contribution < 1.29 is 9.53 Å². The number of ether oxygens (including phenoxy) is 1. The standard InChI is InChI=1S/C17H19N3O2/c21-17(15-4-2-10-22-15)20-8-5-12(6-9-20)14-11-19-16-13(14)3-1-7-18-16/h1,3,5,7,11,15H,2,4,6,8-10H2,(H,18,19)/t15-/m1/s1. The number of nitrogens with zero attached hydrogens (tertiary/aromatic N) is 2. The molecule has 0 aliphatic carbocycles. The second-order valence-electron chi connectivity index (χ2n) is 5.87. The third kappa shape index (κ3) is 2.31. The molecule has 22 heavy (non-hydrogen) atoms. The summed E-state index contributed by atoms with van der Waals surface area (Å²) >= 11 is 0. The molecule has 2 aliphatic rings. The predicted octanol–water partition coefficient (Wildman–Crippen LogP) is 2.36. The molecule has 0 spiro atoms. The molecule has 0 radical (unpaired) electrons. The molecule has 1 saturated heterocycles. The molecule has 4 rings (SSSR count). The molecule has 1 N–H and O–H groups in total. The first-order valence-corrected chi connectivity index (χ1v) is 7.85. The van der Waals surface area contributed by atoms with Crippen LogP contribution >= 0.6 is 0 Å². The van der Waals surface area contributed by atoms with Crippen molar-refractivity contribution in [3.63, 3.8) is 0 Å². The number of aromatic nitrogens is 2. The Bertz CT molecular complexity index is 728. The second kappa shape index (κ2) is 5.57. The van der Waals surface area contributed by atoms with Gasteiger partial charge in [-0.1, -0.05) is 6.08 Å². The van der Waals surface area contributed by atoms with E-state index in [1.807, 2.05) is 17.2 Å². The van der Waals surface area contributed by atoms with Crippen molar-refractivity contribution in [3.05, 3.63) is 36.2 Å². The molecule has 2 aliphatic heterocycles. The predicted molar refractivity (Wildman–Crippen MR) is 84.2 cm³/mol. The normalized spacial score (nSPS) is 22.1. The molecule has 2 aromatic rings. The molecule has 5 nitrogen and oxygen atoms in total. The van der Waals surface area contributed by atoms with Gasteiger partial charge in [-0.05, 0) is 37.0 Å². The minimum atomic E-state index is -0.216. The summed E-state index contributed by atoms with van der Waals surface area (Å²) in [4.78, 5) is 21.8. The van der Waals surface area contributed by atoms with Gasteiger partial charge < -0.3 is 14.6 Å². The van der Waals surface area contributed by atoms with E-state index in [1.54, 1.807) is 6.20 Å². The van der Waals surface area contributed by atoms with E-state index in [1.165, 1.54) is 11.1 Å². The third-order valence-electron chi connectivity index (χ3n) is 4.52. The Balaban J connectivity index is 1.52. The van der Waals surface area contributed by atoms with Gasteiger partial charge in [-0.2, -0.15) is 0 Å². The quantitative estimate of drug-likeness (QED) is 0.925. The summed E-state index contributed by atoms with van der Waals surface area (Å²) in [5.74, 6) is 0.147. The Hall–Kier alpha value is -2.14. The molecule has 114 valence electrons. The van der Waals surface area contributed by atoms with Gasteiger partial charge in [0.25, 0.3) is 5.91 Å². The highest BCUT2D eigenvalue weighted by atomic mass is 16.5. The van der Waals surface area contributed by atoms with Gasteiger partial charge in [0.15, 0.2) is 0 Å². The number of amides is 1. The van der Waals surface area contributed by atoms with Crippen LogP contribution in [0.5, 0.6) is 0 Å². The number of hydrogen-bond donors (Lipinski definition) is 1. The van der Waals surface area contributed by atoms with Crippen molar-refractivity contribution in [2.75, 3.05) is 19.7 Å². The van der Waals surface area contributed by atoms with Crippen molar-refractivity contribution >= 4 is 22.5 Å². The fourth-order valence-corrected chi connectivity index (χ4v) is 3.31. The summed E-state index contributed by atoms with van der Waals surface area (Å²) in [6.07, 6.45) is 8.48. The van der Waals surface area contributed by atoms with Crippen molar-refractivity contribution in [2.45, 2.75) is 25.4 Å². The van der Waals surface area contributed by atoms with E-state index in [0.29, 0.717) is 13.2 Å². The summed E-state index contributed by atoms with van der Waals surface area (Å²) in [7, 11) is 0. The summed E-state index contributed by atoms with van der Waals surface area (Å²) in [5, 5.41) is 1.15. The SMILES string of the molecule is O=C([C@H]1CCCO1)N1CC=C(c2c[nH]c3ncccc23)CC1. The smallest absolute Gasteiger partial charge is 0.251 e. The zero-order valence-corrected chi connectivity index (χ0v) is 12.4. The molecule has 0 unspecified atom stereocenters. The molecule has 2 aromatic heterocycles. The van der Waals surface area contributed by atoms with Gasteiger partial charge in [0.2, 0.25) is 0 Å². The van der Waals surface area contributed by atoms with Crippen LogP contribution in [0.1, 0.15) is 24.8 Å². The minimum absolute atomic E-state index is 0.147. The summed E-state index contributed by atoms with van der Waals surface area (Å²) in [5.41, 5.74) is 3.40. The maximum atomic E-state index is 12.4. The van der Waals surface area contributed by atoms with Gasteiger partial charge >= 0.3 is 0 Å². The van der Waals surface area contributed by atoms with Crippen LogP contribution in [0.25, 0.3) is 16.6 Å². The van der Waals surface area contributed by atoms with Crippen LogP contribution in [0.2, 0.25) is 0 Å². The number of aromatic amines is 1. The van der Waals surface area contributed by atoms with Gasteiger partial charge in [0.05, 0.1) is 0 Å². The molecule has 0 saturated carbocycles. The van der Waals surface area contributed by atoms with Gasteiger partial charge in [-0.15, -0.1) is 0 Å². The van der Waals surface area contributed by atoms with Crippen LogP contribution in [0.3, 0.4) is 0 Å². The van der Waals surface area contributed by atoms with Crippen LogP contribution in [0, 0.1) is 0 Å². The Kier molecular flexibility index (Phi) is 3.42. The number of fused-ring (bicyclic) bond motifs is 1. The summed E-state index contributed by atoms with van der Waals surface area (Å²) in [6, 6.07) is 4.04. The maximum Gasteiger partial charge on any atom is 0.251 e. The van der Waals surface area contributed by atoms with E-state index < -0.39 is 0 Å². The Morgan fingerprint density at radius 2 is 2.41 bits per heavy atom. The maximum absolute atomic E-state index is 12.4. The van der Waals surface area contributed by atoms with Crippen molar-refractivity contribution in [2.24, 2.45) is 0 Å². The van der Waals surface area contributed by atoms with E-state index >= 15 is 0 Å². The highest BCUT2D eigenvalue weighted by Gasteiger charge is 2.29. The third-order valence-corrected chi connectivity index (χ3v) is 4.52. The largest absolute Gasteiger partial charge is 0.368 e. The van der Waals surface area contributed by atoms with Crippen LogP contribution in [0.15, 0.2) is 30.6 Å². The number of pyridine rings is 1. The number of carbonyl (C=O) groups is 1. The van der Waals surface area contributed by atoms with Crippen LogP contribution < -0.4 is 0 Å². The fourth-order valence-electron chi connectivity index (χ4n) is 3.31. The Morgan fingerprint density at radius 3 is 3.18 bits per heavy atom. The van der Waals surface area contributed by atoms with Gasteiger partial charge in [0, 0.05) is 43.0 Å². The number of rotatable bonds is 2. The van der Waals surface area contributed by atoms with Crippen molar-refractivity contribution in [1.82, 2.24) is 14.9 Å². The Labute approximate surface area is 129 Å². The average Bonchev–Trinajstić information content (AvgIpc) is 3.24. The van der Waals surface area contributed by atoms with Crippen molar-refractivity contribution in [1.29, 1.82) is 0 Å². The number of carbonyl (C=O) groups excluding carboxylic acids is 1. The lowest BCUT2D eigenvalue weighted by molar-refractivity contribution is -0.140. The van der Waals surface area contributed by atoms with E-state index in [4.69, 9.17) is 4.74 Å². The highest BCUT2D eigenvalue weighted by molar-refractivity contribution is 5.91. The molecule has 1 fully saturated rings. The topological polar surface area (TPSA) is 58.2 Å². The lowest BCUT2D eigenvalue weighted by atomic mass is 9.99. The number of nitrogens with one attached hydrogen (secondary N) is 1. The first kappa shape index (κ1) is 13.5. The molecule has 1 atom stereocenters. The molecular weight excluding hydrogens is 278 g/mol. The lowest BCUT2D eigenvalue weighted by Crippen LogP contribution is -2.41. The van der Waals surface area contributed by atoms with Crippen LogP contribution in [0.4, 0.5) is 0 Å². The molecule has 5 heteroatoms. The first-order valence-electron chi connectivity index (χ1n) is 7.85. The first-order chi connectivity index (χ1) is 10.8. The average molecular weight is 297 g/mol. The summed E-state index contributed by atoms with van der Waals surface area (Å²) < 4.78 is 5.50. The zero-order chi connectivity index (χ0) is 14.9.